The number of unbranched alkanes of at least 4 members (excludes halogenated alkanes) is 1. The van der Waals surface area contributed by atoms with Crippen molar-refractivity contribution in [3.8, 4) is 0 Å². The zero-order valence-corrected chi connectivity index (χ0v) is 54.4. The number of carbonyl (C=O) groups excluding carboxylic acids is 3. The molecule has 9 atom stereocenters. The van der Waals surface area contributed by atoms with Crippen molar-refractivity contribution in [3.63, 3.8) is 0 Å². The Morgan fingerprint density at radius 3 is 1.28 bits per heavy atom. The molecule has 0 bridgehead atoms. The number of rotatable bonds is 24. The average Bonchev–Trinajstić information content (AvgIpc) is 1.85. The van der Waals surface area contributed by atoms with Crippen molar-refractivity contribution in [2.24, 2.45) is 73.6 Å². The number of para-hydroxylation sites is 1. The summed E-state index contributed by atoms with van der Waals surface area (Å²) in [5, 5.41) is 7.51. The van der Waals surface area contributed by atoms with Crippen LogP contribution in [0.15, 0.2) is 45.3 Å². The van der Waals surface area contributed by atoms with E-state index >= 15 is 0 Å². The highest BCUT2D eigenvalue weighted by molar-refractivity contribution is 6.07. The zero-order chi connectivity index (χ0) is 60.5. The molecule has 1 aromatic rings. The number of nitrogens with two attached hydrogens (primary N) is 3. The predicted octanol–water partition coefficient (Wildman–Crippen LogP) is 13.4. The van der Waals surface area contributed by atoms with Gasteiger partial charge < -0.3 is 32.6 Å². The molecule has 11 rings (SSSR count). The van der Waals surface area contributed by atoms with E-state index in [0.29, 0.717) is 53.8 Å². The number of hydrogen-bond donors (Lipinski definition) is 5. The number of aliphatic imine (C=N–C) groups is 3. The number of nitrogens with zero attached hydrogens (tertiary/aromatic N) is 6. The van der Waals surface area contributed by atoms with Gasteiger partial charge in [-0.3, -0.25) is 29.1 Å². The maximum Gasteiger partial charge on any atom is 0.257 e. The van der Waals surface area contributed by atoms with Crippen LogP contribution in [0.5, 0.6) is 0 Å². The van der Waals surface area contributed by atoms with Gasteiger partial charge >= 0.3 is 0 Å². The van der Waals surface area contributed by atoms with Crippen molar-refractivity contribution >= 4 is 41.3 Å². The summed E-state index contributed by atoms with van der Waals surface area (Å²) < 4.78 is 6.12. The third-order valence-corrected chi connectivity index (χ3v) is 22.8. The van der Waals surface area contributed by atoms with Gasteiger partial charge in [0, 0.05) is 45.5 Å². The van der Waals surface area contributed by atoms with Gasteiger partial charge in [-0.15, -0.1) is 0 Å². The van der Waals surface area contributed by atoms with Crippen LogP contribution < -0.4 is 27.8 Å². The second kappa shape index (κ2) is 32.0. The number of amides is 3. The Hall–Kier alpha value is -4.24. The minimum atomic E-state index is -0.629. The molecule has 7 fully saturated rings. The molecule has 3 amide bonds. The molecule has 15 heteroatoms. The van der Waals surface area contributed by atoms with Crippen molar-refractivity contribution in [1.29, 1.82) is 0 Å². The number of hydrogen-bond acceptors (Lipinski definition) is 12. The molecule has 0 unspecified atom stereocenters. The lowest BCUT2D eigenvalue weighted by atomic mass is 9.74. The molecule has 482 valence electrons. The van der Waals surface area contributed by atoms with Gasteiger partial charge in [-0.25, -0.2) is 15.0 Å². The third kappa shape index (κ3) is 18.2. The smallest absolute Gasteiger partial charge is 0.257 e. The maximum absolute atomic E-state index is 13.3. The summed E-state index contributed by atoms with van der Waals surface area (Å²) in [6, 6.07) is 11.6. The van der Waals surface area contributed by atoms with Crippen LogP contribution in [0, 0.1) is 41.4 Å². The fourth-order valence-electron chi connectivity index (χ4n) is 17.3. The summed E-state index contributed by atoms with van der Waals surface area (Å²) in [6.07, 6.45) is 48.4. The van der Waals surface area contributed by atoms with Gasteiger partial charge in [-0.05, 0) is 176 Å². The van der Waals surface area contributed by atoms with E-state index in [0.717, 1.165) is 114 Å². The van der Waals surface area contributed by atoms with E-state index in [1.54, 1.807) is 35.8 Å². The Morgan fingerprint density at radius 2 is 0.872 bits per heavy atom. The Balaban J connectivity index is 0.000000154. The number of anilines is 1. The van der Waals surface area contributed by atoms with Crippen molar-refractivity contribution in [2.75, 3.05) is 39.6 Å². The van der Waals surface area contributed by atoms with Crippen LogP contribution in [-0.2, 0) is 19.1 Å². The van der Waals surface area contributed by atoms with Crippen LogP contribution in [0.1, 0.15) is 264 Å². The SMILES string of the molecule is CCCCO[C@H]1CCC[C@H](C[C@@]2(CCC3CCCCC3)N=C(N)N(C)C2=O)C1.CN1C(=O)[C@@](CCC2CCCCC2)(C[C@@H]2CCC[C@@H](NCC3CC3)C2)N=C1N.CN1C(=O)[C@@](CCC2CCCCC2)(C[C@H]2CCC[C@@H](Nc3ccccc3)C2)N=C1N. The quantitative estimate of drug-likeness (QED) is 0.0623. The van der Waals surface area contributed by atoms with E-state index in [1.165, 1.54) is 186 Å². The van der Waals surface area contributed by atoms with E-state index in [4.69, 9.17) is 36.9 Å². The minimum Gasteiger partial charge on any atom is -0.382 e. The van der Waals surface area contributed by atoms with Gasteiger partial charge in [-0.1, -0.05) is 166 Å². The fourth-order valence-corrected chi connectivity index (χ4v) is 17.3. The van der Waals surface area contributed by atoms with Gasteiger partial charge in [-0.2, -0.15) is 0 Å². The minimum absolute atomic E-state index is 0.119. The summed E-state index contributed by atoms with van der Waals surface area (Å²) in [7, 11) is 5.36. The first kappa shape index (κ1) is 66.2. The summed E-state index contributed by atoms with van der Waals surface area (Å²) in [6.45, 7) is 4.26. The molecule has 10 aliphatic rings. The third-order valence-electron chi connectivity index (χ3n) is 22.8. The summed E-state index contributed by atoms with van der Waals surface area (Å²) >= 11 is 0. The van der Waals surface area contributed by atoms with Crippen molar-refractivity contribution in [2.45, 2.75) is 299 Å². The van der Waals surface area contributed by atoms with Crippen molar-refractivity contribution in [3.05, 3.63) is 30.3 Å². The molecule has 7 aliphatic carbocycles. The number of carbonyl (C=O) groups is 3. The molecule has 86 heavy (non-hydrogen) atoms. The molecular weight excluding hydrogens is 1070 g/mol. The van der Waals surface area contributed by atoms with Crippen LogP contribution in [-0.4, -0.2) is 119 Å². The Morgan fingerprint density at radius 1 is 0.477 bits per heavy atom. The van der Waals surface area contributed by atoms with Gasteiger partial charge in [0.1, 0.15) is 16.6 Å². The van der Waals surface area contributed by atoms with Crippen LogP contribution in [0.3, 0.4) is 0 Å². The lowest BCUT2D eigenvalue weighted by Gasteiger charge is -2.36. The molecule has 15 nitrogen and oxygen atoms in total. The van der Waals surface area contributed by atoms with Crippen LogP contribution >= 0.6 is 0 Å². The van der Waals surface area contributed by atoms with Gasteiger partial charge in [0.25, 0.3) is 17.7 Å². The highest BCUT2D eigenvalue weighted by atomic mass is 16.5. The van der Waals surface area contributed by atoms with Gasteiger partial charge in [0.15, 0.2) is 17.9 Å². The second-order valence-electron chi connectivity index (χ2n) is 29.5. The fraction of sp³-hybridized carbons (Fsp3) is 0.831. The van der Waals surface area contributed by atoms with E-state index in [9.17, 15) is 14.4 Å². The molecule has 1 aromatic carbocycles. The van der Waals surface area contributed by atoms with Gasteiger partial charge in [0.05, 0.1) is 6.10 Å². The molecule has 0 aromatic heterocycles. The molecule has 0 saturated heterocycles. The molecule has 0 spiro atoms. The molecular formula is C71H119N11O4. The van der Waals surface area contributed by atoms with Crippen molar-refractivity contribution < 1.29 is 19.1 Å². The normalized spacial score (nSPS) is 32.3. The maximum atomic E-state index is 13.3. The summed E-state index contributed by atoms with van der Waals surface area (Å²) in [5.74, 6) is 6.45. The Labute approximate surface area is 520 Å². The first-order chi connectivity index (χ1) is 41.6. The highest BCUT2D eigenvalue weighted by Crippen LogP contribution is 2.45. The second-order valence-corrected chi connectivity index (χ2v) is 29.5. The van der Waals surface area contributed by atoms with Gasteiger partial charge in [0.2, 0.25) is 0 Å². The lowest BCUT2D eigenvalue weighted by Crippen LogP contribution is -2.45. The molecule has 0 radical (unpaired) electrons. The number of guanidine groups is 3. The Bertz CT molecular complexity index is 2380. The van der Waals surface area contributed by atoms with E-state index in [2.05, 4.69) is 47.9 Å². The monoisotopic (exact) mass is 1190 g/mol. The van der Waals surface area contributed by atoms with E-state index < -0.39 is 16.6 Å². The summed E-state index contributed by atoms with van der Waals surface area (Å²) in [5.41, 5.74) is 17.7. The van der Waals surface area contributed by atoms with Crippen LogP contribution in [0.2, 0.25) is 0 Å². The first-order valence-electron chi connectivity index (χ1n) is 35.7. The molecule has 8 N–H and O–H groups in total. The lowest BCUT2D eigenvalue weighted by molar-refractivity contribution is -0.132. The standard InChI is InChI=1S/C25H38N4O.C23H40N4O.C23H41N3O2/c1-29-23(30)25(28-24(29)26,16-15-19-9-4-2-5-10-19)18-20-11-8-14-22(17-20)27-21-12-6-3-7-13-21;1-27-21(28)23(26-22(27)24,13-12-17-6-3-2-4-7-17)15-19-8-5-9-20(14-19)25-16-18-10-11-18;1-3-4-15-28-20-12-8-11-19(16-20)17-23(21(27)26(2)22(24)25-23)14-13-18-9-6-5-7-10-18/h3,6-7,12-13,19-20,22,27H,2,4-5,8-11,14-18H2,1H3,(H2,26,28);17-20,25H,2-16H2,1H3,(H2,24,26);18-20H,3-17H2,1-2H3,(H2,24,25)/t20-,22+,25+;19-,20-,23-;19-,20-,23+/m010/s1. The number of ether oxygens (including phenoxy) is 1. The van der Waals surface area contributed by atoms with Crippen LogP contribution in [0.25, 0.3) is 0 Å². The average molecular weight is 1190 g/mol. The number of likely N-dealkylation sites (N-methyl/N-ethyl adjacent to an activating group) is 3. The zero-order valence-electron chi connectivity index (χ0n) is 54.4. The molecule has 3 heterocycles. The van der Waals surface area contributed by atoms with E-state index in [-0.39, 0.29) is 17.7 Å². The Kier molecular flexibility index (Phi) is 24.6. The highest BCUT2D eigenvalue weighted by Gasteiger charge is 2.51. The van der Waals surface area contributed by atoms with Crippen molar-refractivity contribution in [1.82, 2.24) is 20.0 Å². The number of nitrogens with one attached hydrogen (secondary N) is 2. The van der Waals surface area contributed by atoms with E-state index in [1.807, 2.05) is 0 Å². The molecule has 3 aliphatic heterocycles. The number of benzene rings is 1. The van der Waals surface area contributed by atoms with Crippen LogP contribution in [0.4, 0.5) is 5.69 Å². The largest absolute Gasteiger partial charge is 0.382 e. The predicted molar refractivity (Wildman–Crippen MR) is 352 cm³/mol. The molecule has 7 saturated carbocycles. The first-order valence-corrected chi connectivity index (χ1v) is 35.7. The summed E-state index contributed by atoms with van der Waals surface area (Å²) in [4.78, 5) is 58.9. The topological polar surface area (TPSA) is 209 Å².